The van der Waals surface area contributed by atoms with Crippen LogP contribution in [0.5, 0.6) is 11.5 Å². The van der Waals surface area contributed by atoms with Gasteiger partial charge in [0.05, 0.1) is 15.8 Å². The number of nitrogens with zero attached hydrogens (tertiary/aromatic N) is 1. The van der Waals surface area contributed by atoms with Crippen molar-refractivity contribution < 1.29 is 35.5 Å². The second-order valence-electron chi connectivity index (χ2n) is 7.47. The van der Waals surface area contributed by atoms with Gasteiger partial charge in [-0.3, -0.25) is 4.79 Å². The normalized spacial score (nSPS) is 12.0. The molecular formula is C23H17F3N2O5S. The third-order valence-electron chi connectivity index (χ3n) is 4.80. The first-order valence-electron chi connectivity index (χ1n) is 9.77. The van der Waals surface area contributed by atoms with Crippen LogP contribution < -0.4 is 10.1 Å². The molecule has 4 rings (SSSR count). The molecule has 0 saturated carbocycles. The summed E-state index contributed by atoms with van der Waals surface area (Å²) >= 11 is 0. The van der Waals surface area contributed by atoms with Crippen LogP contribution in [0.15, 0.2) is 70.1 Å². The van der Waals surface area contributed by atoms with Crippen LogP contribution in [-0.4, -0.2) is 25.6 Å². The fourth-order valence-electron chi connectivity index (χ4n) is 3.16. The van der Waals surface area contributed by atoms with Gasteiger partial charge in [-0.05, 0) is 61.5 Å². The van der Waals surface area contributed by atoms with Gasteiger partial charge in [0.2, 0.25) is 0 Å². The van der Waals surface area contributed by atoms with Crippen LogP contribution in [0.2, 0.25) is 0 Å². The van der Waals surface area contributed by atoms with E-state index in [1.54, 1.807) is 13.0 Å². The number of hydrogen-bond donors (Lipinski definition) is 1. The zero-order valence-electron chi connectivity index (χ0n) is 17.8. The number of aromatic nitrogens is 1. The number of aryl methyl sites for hydroxylation is 1. The van der Waals surface area contributed by atoms with Gasteiger partial charge in [0, 0.05) is 18.0 Å². The largest absolute Gasteiger partial charge is 0.461 e. The molecule has 34 heavy (non-hydrogen) atoms. The van der Waals surface area contributed by atoms with Gasteiger partial charge in [0.25, 0.3) is 5.91 Å². The molecule has 2 aromatic carbocycles. The lowest BCUT2D eigenvalue weighted by molar-refractivity contribution is -0.137. The maximum atomic E-state index is 12.8. The molecule has 0 aliphatic carbocycles. The van der Waals surface area contributed by atoms with E-state index in [1.807, 2.05) is 0 Å². The molecule has 4 aromatic rings. The second-order valence-corrected chi connectivity index (χ2v) is 9.49. The average Bonchev–Trinajstić information content (AvgIpc) is 3.13. The first kappa shape index (κ1) is 23.3. The summed E-state index contributed by atoms with van der Waals surface area (Å²) in [6, 6.07) is 12.3. The summed E-state index contributed by atoms with van der Waals surface area (Å²) in [5.74, 6) is 0.462. The number of pyridine rings is 1. The van der Waals surface area contributed by atoms with Gasteiger partial charge in [-0.1, -0.05) is 0 Å². The Labute approximate surface area is 192 Å². The summed E-state index contributed by atoms with van der Waals surface area (Å²) in [6.07, 6.45) is -2.82. The molecule has 0 aliphatic rings. The Morgan fingerprint density at radius 3 is 2.35 bits per heavy atom. The summed E-state index contributed by atoms with van der Waals surface area (Å²) in [5, 5.41) is 3.02. The molecule has 1 N–H and O–H groups in total. The molecule has 11 heteroatoms. The highest BCUT2D eigenvalue weighted by atomic mass is 32.2. The van der Waals surface area contributed by atoms with Crippen molar-refractivity contribution in [1.29, 1.82) is 0 Å². The van der Waals surface area contributed by atoms with Crippen molar-refractivity contribution in [2.75, 3.05) is 11.6 Å². The molecule has 0 fully saturated rings. The third-order valence-corrected chi connectivity index (χ3v) is 5.93. The van der Waals surface area contributed by atoms with Crippen molar-refractivity contribution in [2.24, 2.45) is 0 Å². The third kappa shape index (κ3) is 5.04. The highest BCUT2D eigenvalue weighted by Gasteiger charge is 2.30. The van der Waals surface area contributed by atoms with Gasteiger partial charge in [0.15, 0.2) is 9.84 Å². The number of carbonyl (C=O) groups is 1. The standard InChI is InChI=1S/C23H17F3N2O5S/c1-13-9-18-19(32-13)10-14(22(29)28-21-8-3-15(12-27-21)23(24,25)26)11-20(18)33-16-4-6-17(7-5-16)34(2,30)31/h3-12H,1-2H3,(H,27,28,29). The summed E-state index contributed by atoms with van der Waals surface area (Å²) in [4.78, 5) is 16.5. The molecule has 176 valence electrons. The van der Waals surface area contributed by atoms with Crippen molar-refractivity contribution in [1.82, 2.24) is 4.98 Å². The molecule has 1 amide bonds. The Bertz CT molecular complexity index is 1480. The SMILES string of the molecule is Cc1cc2c(Oc3ccc(S(C)(=O)=O)cc3)cc(C(=O)Nc3ccc(C(F)(F)F)cn3)cc2o1. The number of amides is 1. The van der Waals surface area contributed by atoms with Crippen LogP contribution in [0.25, 0.3) is 11.0 Å². The summed E-state index contributed by atoms with van der Waals surface area (Å²) in [7, 11) is -3.37. The lowest BCUT2D eigenvalue weighted by atomic mass is 10.1. The topological polar surface area (TPSA) is 98.5 Å². The second kappa shape index (κ2) is 8.49. The smallest absolute Gasteiger partial charge is 0.417 e. The van der Waals surface area contributed by atoms with Crippen molar-refractivity contribution in [3.05, 3.63) is 77.7 Å². The quantitative estimate of drug-likeness (QED) is 0.391. The first-order chi connectivity index (χ1) is 15.9. The number of fused-ring (bicyclic) bond motifs is 1. The molecule has 2 heterocycles. The lowest BCUT2D eigenvalue weighted by Crippen LogP contribution is -2.14. The summed E-state index contributed by atoms with van der Waals surface area (Å²) in [5.41, 5.74) is -0.463. The molecule has 0 radical (unpaired) electrons. The van der Waals surface area contributed by atoms with E-state index in [0.717, 1.165) is 18.4 Å². The number of sulfone groups is 1. The zero-order valence-corrected chi connectivity index (χ0v) is 18.6. The van der Waals surface area contributed by atoms with Gasteiger partial charge in [-0.25, -0.2) is 13.4 Å². The van der Waals surface area contributed by atoms with Gasteiger partial charge in [-0.15, -0.1) is 0 Å². The summed E-state index contributed by atoms with van der Waals surface area (Å²) < 4.78 is 73.0. The van der Waals surface area contributed by atoms with Crippen molar-refractivity contribution in [3.8, 4) is 11.5 Å². The van der Waals surface area contributed by atoms with Crippen LogP contribution in [0, 0.1) is 6.92 Å². The Hall–Kier alpha value is -3.86. The Balaban J connectivity index is 1.63. The molecule has 7 nitrogen and oxygen atoms in total. The van der Waals surface area contributed by atoms with Crippen LogP contribution >= 0.6 is 0 Å². The molecule has 2 aromatic heterocycles. The number of rotatable bonds is 5. The van der Waals surface area contributed by atoms with Crippen LogP contribution in [0.1, 0.15) is 21.7 Å². The van der Waals surface area contributed by atoms with E-state index in [0.29, 0.717) is 28.7 Å². The molecule has 0 aliphatic heterocycles. The fraction of sp³-hybridized carbons (Fsp3) is 0.130. The molecule has 0 unspecified atom stereocenters. The molecule has 0 saturated heterocycles. The first-order valence-corrected chi connectivity index (χ1v) is 11.7. The van der Waals surface area contributed by atoms with Crippen LogP contribution in [-0.2, 0) is 16.0 Å². The maximum absolute atomic E-state index is 12.8. The number of halogens is 3. The molecule has 0 bridgehead atoms. The maximum Gasteiger partial charge on any atom is 0.417 e. The van der Waals surface area contributed by atoms with E-state index in [-0.39, 0.29) is 22.0 Å². The van der Waals surface area contributed by atoms with Gasteiger partial charge in [0.1, 0.15) is 28.7 Å². The van der Waals surface area contributed by atoms with E-state index in [4.69, 9.17) is 9.15 Å². The number of carbonyl (C=O) groups excluding carboxylic acids is 1. The minimum atomic E-state index is -4.54. The van der Waals surface area contributed by atoms with Crippen LogP contribution in [0.4, 0.5) is 19.0 Å². The van der Waals surface area contributed by atoms with Gasteiger partial charge >= 0.3 is 6.18 Å². The van der Waals surface area contributed by atoms with E-state index in [2.05, 4.69) is 10.3 Å². The number of alkyl halides is 3. The van der Waals surface area contributed by atoms with Crippen molar-refractivity contribution >= 4 is 32.5 Å². The fourth-order valence-corrected chi connectivity index (χ4v) is 3.79. The van der Waals surface area contributed by atoms with E-state index in [9.17, 15) is 26.4 Å². The van der Waals surface area contributed by atoms with E-state index < -0.39 is 27.5 Å². The number of ether oxygens (including phenoxy) is 1. The zero-order chi connectivity index (χ0) is 24.7. The molecule has 0 spiro atoms. The Kier molecular flexibility index (Phi) is 5.82. The van der Waals surface area contributed by atoms with Crippen LogP contribution in [0.3, 0.4) is 0 Å². The monoisotopic (exact) mass is 490 g/mol. The summed E-state index contributed by atoms with van der Waals surface area (Å²) in [6.45, 7) is 1.72. The van der Waals surface area contributed by atoms with Crippen molar-refractivity contribution in [2.45, 2.75) is 18.0 Å². The number of nitrogens with one attached hydrogen (secondary N) is 1. The van der Waals surface area contributed by atoms with Gasteiger partial charge < -0.3 is 14.5 Å². The Morgan fingerprint density at radius 1 is 1.06 bits per heavy atom. The molecule has 0 atom stereocenters. The minimum absolute atomic E-state index is 0.0624. The number of anilines is 1. The predicted molar refractivity (Wildman–Crippen MR) is 118 cm³/mol. The highest BCUT2D eigenvalue weighted by Crippen LogP contribution is 2.34. The Morgan fingerprint density at radius 2 is 1.76 bits per heavy atom. The lowest BCUT2D eigenvalue weighted by Gasteiger charge is -2.11. The van der Waals surface area contributed by atoms with E-state index >= 15 is 0 Å². The highest BCUT2D eigenvalue weighted by molar-refractivity contribution is 7.90. The predicted octanol–water partition coefficient (Wildman–Crippen LogP) is 5.60. The number of benzene rings is 2. The minimum Gasteiger partial charge on any atom is -0.461 e. The number of hydrogen-bond acceptors (Lipinski definition) is 6. The average molecular weight is 490 g/mol. The van der Waals surface area contributed by atoms with Crippen molar-refractivity contribution in [3.63, 3.8) is 0 Å². The van der Waals surface area contributed by atoms with Gasteiger partial charge in [-0.2, -0.15) is 13.2 Å². The molecular weight excluding hydrogens is 473 g/mol. The van der Waals surface area contributed by atoms with E-state index in [1.165, 1.54) is 36.4 Å². The number of furan rings is 1.